The smallest absolute Gasteiger partial charge is 0.267 e. The molecule has 2 aromatic carbocycles. The van der Waals surface area contributed by atoms with Gasteiger partial charge in [0.1, 0.15) is 0 Å². The fraction of sp³-hybridized carbons (Fsp3) is 0.0588. The lowest BCUT2D eigenvalue weighted by Crippen LogP contribution is -2.23. The monoisotopic (exact) mass is 374 g/mol. The fourth-order valence-electron chi connectivity index (χ4n) is 2.15. The summed E-state index contributed by atoms with van der Waals surface area (Å²) in [6.45, 7) is 0.348. The van der Waals surface area contributed by atoms with E-state index in [2.05, 4.69) is 21.0 Å². The molecule has 3 aromatic rings. The number of rotatable bonds is 3. The van der Waals surface area contributed by atoms with Crippen LogP contribution in [0.3, 0.4) is 0 Å². The van der Waals surface area contributed by atoms with Crippen molar-refractivity contribution in [2.24, 2.45) is 0 Å². The molecule has 0 fully saturated rings. The van der Waals surface area contributed by atoms with E-state index in [0.29, 0.717) is 11.6 Å². The minimum Gasteiger partial charge on any atom is -0.268 e. The maximum atomic E-state index is 12.0. The topological polar surface area (TPSA) is 34.9 Å². The minimum absolute atomic E-state index is 0.154. The summed E-state index contributed by atoms with van der Waals surface area (Å²) >= 11 is 9.60. The van der Waals surface area contributed by atoms with E-state index in [-0.39, 0.29) is 5.56 Å². The van der Waals surface area contributed by atoms with Crippen molar-refractivity contribution >= 4 is 27.5 Å². The van der Waals surface area contributed by atoms with Crippen LogP contribution in [0.4, 0.5) is 0 Å². The molecule has 1 aromatic heterocycles. The lowest BCUT2D eigenvalue weighted by atomic mass is 10.1. The van der Waals surface area contributed by atoms with E-state index in [0.717, 1.165) is 21.3 Å². The highest BCUT2D eigenvalue weighted by atomic mass is 79.9. The second-order valence-electron chi connectivity index (χ2n) is 4.82. The molecule has 0 bridgehead atoms. The van der Waals surface area contributed by atoms with Gasteiger partial charge in [-0.25, -0.2) is 4.68 Å². The zero-order valence-electron chi connectivity index (χ0n) is 11.5. The van der Waals surface area contributed by atoms with Gasteiger partial charge in [-0.1, -0.05) is 57.9 Å². The van der Waals surface area contributed by atoms with Crippen molar-refractivity contribution in [1.82, 2.24) is 9.78 Å². The maximum absolute atomic E-state index is 12.0. The molecule has 0 saturated heterocycles. The van der Waals surface area contributed by atoms with Gasteiger partial charge in [0.05, 0.1) is 12.2 Å². The molecule has 0 unspecified atom stereocenters. The largest absolute Gasteiger partial charge is 0.268 e. The number of benzene rings is 2. The van der Waals surface area contributed by atoms with Gasteiger partial charge in [0.2, 0.25) is 0 Å². The van der Waals surface area contributed by atoms with Crippen LogP contribution in [0.25, 0.3) is 11.3 Å². The molecule has 0 radical (unpaired) electrons. The summed E-state index contributed by atoms with van der Waals surface area (Å²) in [4.78, 5) is 12.0. The Morgan fingerprint density at radius 1 is 1.05 bits per heavy atom. The first-order valence-corrected chi connectivity index (χ1v) is 7.88. The van der Waals surface area contributed by atoms with Crippen LogP contribution in [0.5, 0.6) is 0 Å². The van der Waals surface area contributed by atoms with Crippen LogP contribution in [-0.2, 0) is 6.54 Å². The SMILES string of the molecule is O=c1ccc(-c2cccc(Br)c2)nn1Cc1ccccc1Cl. The van der Waals surface area contributed by atoms with Crippen LogP contribution in [0, 0.1) is 0 Å². The van der Waals surface area contributed by atoms with Gasteiger partial charge < -0.3 is 0 Å². The number of aromatic nitrogens is 2. The minimum atomic E-state index is -0.154. The highest BCUT2D eigenvalue weighted by Gasteiger charge is 2.06. The molecule has 0 aliphatic heterocycles. The second-order valence-corrected chi connectivity index (χ2v) is 6.14. The molecular formula is C17H12BrClN2O. The summed E-state index contributed by atoms with van der Waals surface area (Å²) in [5, 5.41) is 5.07. The molecule has 0 saturated carbocycles. The van der Waals surface area contributed by atoms with Crippen LogP contribution in [-0.4, -0.2) is 9.78 Å². The van der Waals surface area contributed by atoms with Crippen LogP contribution >= 0.6 is 27.5 Å². The molecule has 0 N–H and O–H groups in total. The Kier molecular flexibility index (Phi) is 4.41. The lowest BCUT2D eigenvalue weighted by molar-refractivity contribution is 0.643. The van der Waals surface area contributed by atoms with Crippen LogP contribution in [0.15, 0.2) is 69.9 Å². The summed E-state index contributed by atoms with van der Waals surface area (Å²) in [5.41, 5.74) is 2.40. The molecule has 0 aliphatic carbocycles. The van der Waals surface area contributed by atoms with Gasteiger partial charge >= 0.3 is 0 Å². The van der Waals surface area contributed by atoms with E-state index < -0.39 is 0 Å². The summed E-state index contributed by atoms with van der Waals surface area (Å²) < 4.78 is 2.40. The predicted octanol–water partition coefficient (Wildman–Crippen LogP) is 4.37. The first-order chi connectivity index (χ1) is 10.6. The van der Waals surface area contributed by atoms with Crippen molar-refractivity contribution in [3.8, 4) is 11.3 Å². The highest BCUT2D eigenvalue weighted by Crippen LogP contribution is 2.21. The zero-order valence-corrected chi connectivity index (χ0v) is 13.9. The molecular weight excluding hydrogens is 364 g/mol. The van der Waals surface area contributed by atoms with Crippen molar-refractivity contribution < 1.29 is 0 Å². The Bertz CT molecular complexity index is 876. The van der Waals surface area contributed by atoms with Gasteiger partial charge in [0.15, 0.2) is 0 Å². The Hall–Kier alpha value is -1.91. The van der Waals surface area contributed by atoms with Crippen molar-refractivity contribution in [3.05, 3.63) is 86.1 Å². The molecule has 0 atom stereocenters. The summed E-state index contributed by atoms with van der Waals surface area (Å²) in [6, 6.07) is 18.5. The van der Waals surface area contributed by atoms with Crippen molar-refractivity contribution in [2.45, 2.75) is 6.54 Å². The van der Waals surface area contributed by atoms with Crippen molar-refractivity contribution in [2.75, 3.05) is 0 Å². The summed E-state index contributed by atoms with van der Waals surface area (Å²) in [5.74, 6) is 0. The summed E-state index contributed by atoms with van der Waals surface area (Å²) in [7, 11) is 0. The van der Waals surface area contributed by atoms with Crippen molar-refractivity contribution in [1.29, 1.82) is 0 Å². The maximum Gasteiger partial charge on any atom is 0.267 e. The summed E-state index contributed by atoms with van der Waals surface area (Å²) in [6.07, 6.45) is 0. The van der Waals surface area contributed by atoms with E-state index in [1.54, 1.807) is 12.1 Å². The van der Waals surface area contributed by atoms with E-state index in [9.17, 15) is 4.79 Å². The van der Waals surface area contributed by atoms with Gasteiger partial charge in [-0.2, -0.15) is 5.10 Å². The van der Waals surface area contributed by atoms with E-state index in [4.69, 9.17) is 11.6 Å². The lowest BCUT2D eigenvalue weighted by Gasteiger charge is -2.08. The quantitative estimate of drug-likeness (QED) is 0.681. The van der Waals surface area contributed by atoms with Crippen molar-refractivity contribution in [3.63, 3.8) is 0 Å². The normalized spacial score (nSPS) is 10.6. The highest BCUT2D eigenvalue weighted by molar-refractivity contribution is 9.10. The van der Waals surface area contributed by atoms with E-state index >= 15 is 0 Å². The van der Waals surface area contributed by atoms with Gasteiger partial charge in [0, 0.05) is 21.1 Å². The molecule has 3 nitrogen and oxygen atoms in total. The molecule has 0 aliphatic rings. The number of hydrogen-bond acceptors (Lipinski definition) is 2. The fourth-order valence-corrected chi connectivity index (χ4v) is 2.75. The average molecular weight is 376 g/mol. The Morgan fingerprint density at radius 3 is 2.64 bits per heavy atom. The first kappa shape index (κ1) is 15.0. The van der Waals surface area contributed by atoms with Gasteiger partial charge in [-0.05, 0) is 29.8 Å². The Morgan fingerprint density at radius 2 is 1.86 bits per heavy atom. The van der Waals surface area contributed by atoms with Crippen LogP contribution in [0.2, 0.25) is 5.02 Å². The molecule has 5 heteroatoms. The molecule has 0 amide bonds. The standard InChI is InChI=1S/C17H12BrClN2O/c18-14-6-3-5-12(10-14)16-8-9-17(22)21(20-16)11-13-4-1-2-7-15(13)19/h1-10H,11H2. The number of hydrogen-bond donors (Lipinski definition) is 0. The van der Waals surface area contributed by atoms with Gasteiger partial charge in [0.25, 0.3) is 5.56 Å². The average Bonchev–Trinajstić information content (AvgIpc) is 2.51. The number of nitrogens with zero attached hydrogens (tertiary/aromatic N) is 2. The Labute approximate surface area is 141 Å². The molecule has 22 heavy (non-hydrogen) atoms. The molecule has 1 heterocycles. The zero-order chi connectivity index (χ0) is 15.5. The third-order valence-corrected chi connectivity index (χ3v) is 4.13. The van der Waals surface area contributed by atoms with Crippen LogP contribution in [0.1, 0.15) is 5.56 Å². The Balaban J connectivity index is 2.01. The first-order valence-electron chi connectivity index (χ1n) is 6.71. The third-order valence-electron chi connectivity index (χ3n) is 3.26. The second kappa shape index (κ2) is 6.46. The molecule has 0 spiro atoms. The molecule has 110 valence electrons. The molecule has 3 rings (SSSR count). The third kappa shape index (κ3) is 3.29. The van der Waals surface area contributed by atoms with Crippen LogP contribution < -0.4 is 5.56 Å². The van der Waals surface area contributed by atoms with Gasteiger partial charge in [-0.3, -0.25) is 4.79 Å². The van der Waals surface area contributed by atoms with E-state index in [1.165, 1.54) is 10.7 Å². The van der Waals surface area contributed by atoms with E-state index in [1.807, 2.05) is 42.5 Å². The number of halogens is 2. The predicted molar refractivity (Wildman–Crippen MR) is 92.2 cm³/mol. The van der Waals surface area contributed by atoms with Gasteiger partial charge in [-0.15, -0.1) is 0 Å².